The van der Waals surface area contributed by atoms with Crippen molar-refractivity contribution >= 4 is 27.1 Å². The maximum absolute atomic E-state index is 12.9. The zero-order chi connectivity index (χ0) is 27.7. The molecule has 2 aromatic heterocycles. The number of pyridine rings is 1. The quantitative estimate of drug-likeness (QED) is 0.288. The summed E-state index contributed by atoms with van der Waals surface area (Å²) in [7, 11) is -3.71. The van der Waals surface area contributed by atoms with Gasteiger partial charge in [0.15, 0.2) is 5.65 Å². The van der Waals surface area contributed by atoms with Crippen LogP contribution in [0.3, 0.4) is 0 Å². The lowest BCUT2D eigenvalue weighted by molar-refractivity contribution is 0.0982. The molecule has 0 unspecified atom stereocenters. The molecule has 1 N–H and O–H groups in total. The van der Waals surface area contributed by atoms with Gasteiger partial charge in [-0.1, -0.05) is 67.6 Å². The van der Waals surface area contributed by atoms with Gasteiger partial charge in [0.2, 0.25) is 10.0 Å². The van der Waals surface area contributed by atoms with Gasteiger partial charge in [-0.2, -0.15) is 0 Å². The molecule has 0 aliphatic heterocycles. The first-order valence-corrected chi connectivity index (χ1v) is 14.7. The highest BCUT2D eigenvalue weighted by Crippen LogP contribution is 2.31. The summed E-state index contributed by atoms with van der Waals surface area (Å²) in [5.41, 5.74) is 8.62. The molecule has 7 nitrogen and oxygen atoms in total. The number of fused-ring (bicyclic) bond motifs is 1. The maximum Gasteiger partial charge on any atom is 0.265 e. The standard InChI is InChI=1S/C31H30N4O3S/c1-5-28-33-29-20(2)17-21(3)32-30(29)35(28)19-22-11-13-24(14-12-22)27-18-25(23-9-7-6-8-10-23)15-16-26(27)31(36)34-39(4,37)38/h6-18H,5,19H2,1-4H3,(H,34,36). The summed E-state index contributed by atoms with van der Waals surface area (Å²) in [5.74, 6) is 0.316. The number of nitrogens with one attached hydrogen (secondary N) is 1. The zero-order valence-electron chi connectivity index (χ0n) is 22.4. The van der Waals surface area contributed by atoms with Crippen molar-refractivity contribution in [1.29, 1.82) is 0 Å². The van der Waals surface area contributed by atoms with Gasteiger partial charge in [0, 0.05) is 17.7 Å². The number of nitrogens with zero attached hydrogens (tertiary/aromatic N) is 3. The lowest BCUT2D eigenvalue weighted by atomic mass is 9.94. The molecule has 3 aromatic carbocycles. The average molecular weight is 539 g/mol. The number of carbonyl (C=O) groups excluding carboxylic acids is 1. The Hall–Kier alpha value is -4.30. The lowest BCUT2D eigenvalue weighted by Crippen LogP contribution is -2.29. The number of benzene rings is 3. The fourth-order valence-electron chi connectivity index (χ4n) is 4.87. The fourth-order valence-corrected chi connectivity index (χ4v) is 5.32. The first kappa shape index (κ1) is 26.3. The number of sulfonamides is 1. The molecule has 1 amide bonds. The van der Waals surface area contributed by atoms with Crippen LogP contribution in [-0.4, -0.2) is 35.1 Å². The van der Waals surface area contributed by atoms with Crippen molar-refractivity contribution in [3.63, 3.8) is 0 Å². The van der Waals surface area contributed by atoms with Gasteiger partial charge in [-0.25, -0.2) is 23.1 Å². The molecule has 0 aliphatic rings. The van der Waals surface area contributed by atoms with Crippen LogP contribution in [0.15, 0.2) is 78.9 Å². The van der Waals surface area contributed by atoms with Crippen molar-refractivity contribution < 1.29 is 13.2 Å². The number of hydrogen-bond acceptors (Lipinski definition) is 5. The predicted octanol–water partition coefficient (Wildman–Crippen LogP) is 5.68. The van der Waals surface area contributed by atoms with E-state index in [1.54, 1.807) is 6.07 Å². The Bertz CT molecular complexity index is 1790. The van der Waals surface area contributed by atoms with E-state index in [2.05, 4.69) is 29.2 Å². The Balaban J connectivity index is 1.54. The third kappa shape index (κ3) is 5.61. The summed E-state index contributed by atoms with van der Waals surface area (Å²) < 4.78 is 27.8. The monoisotopic (exact) mass is 538 g/mol. The highest BCUT2D eigenvalue weighted by molar-refractivity contribution is 7.89. The minimum absolute atomic E-state index is 0.289. The molecular weight excluding hydrogens is 508 g/mol. The molecule has 0 saturated carbocycles. The van der Waals surface area contributed by atoms with Gasteiger partial charge < -0.3 is 4.57 Å². The molecular formula is C31H30N4O3S. The SMILES string of the molecule is CCc1nc2c(C)cc(C)nc2n1Cc1ccc(-c2cc(-c3ccccc3)ccc2C(=O)NS(C)(=O)=O)cc1. The van der Waals surface area contributed by atoms with Crippen molar-refractivity contribution in [1.82, 2.24) is 19.3 Å². The number of hydrogen-bond donors (Lipinski definition) is 1. The maximum atomic E-state index is 12.9. The van der Waals surface area contributed by atoms with E-state index in [0.717, 1.165) is 63.2 Å². The molecule has 0 saturated heterocycles. The summed E-state index contributed by atoms with van der Waals surface area (Å²) in [5, 5.41) is 0. The Labute approximate surface area is 228 Å². The predicted molar refractivity (Wildman–Crippen MR) is 155 cm³/mol. The average Bonchev–Trinajstić information content (AvgIpc) is 3.26. The number of rotatable bonds is 7. The van der Waals surface area contributed by atoms with Crippen LogP contribution in [0.5, 0.6) is 0 Å². The van der Waals surface area contributed by atoms with E-state index in [4.69, 9.17) is 9.97 Å². The number of aromatic nitrogens is 3. The summed E-state index contributed by atoms with van der Waals surface area (Å²) in [6, 6.07) is 25.3. The Morgan fingerprint density at radius 2 is 1.56 bits per heavy atom. The number of carbonyl (C=O) groups is 1. The van der Waals surface area contributed by atoms with E-state index in [1.165, 1.54) is 0 Å². The summed E-state index contributed by atoms with van der Waals surface area (Å²) >= 11 is 0. The molecule has 8 heteroatoms. The zero-order valence-corrected chi connectivity index (χ0v) is 23.2. The topological polar surface area (TPSA) is 93.9 Å². The molecule has 0 bridgehead atoms. The van der Waals surface area contributed by atoms with Crippen LogP contribution in [0.2, 0.25) is 0 Å². The first-order valence-electron chi connectivity index (χ1n) is 12.8. The van der Waals surface area contributed by atoms with E-state index in [1.807, 2.05) is 73.7 Å². The Morgan fingerprint density at radius 3 is 2.23 bits per heavy atom. The number of amides is 1. The number of imidazole rings is 1. The van der Waals surface area contributed by atoms with Crippen molar-refractivity contribution in [2.45, 2.75) is 33.7 Å². The Morgan fingerprint density at radius 1 is 0.872 bits per heavy atom. The van der Waals surface area contributed by atoms with Crippen molar-refractivity contribution in [2.75, 3.05) is 6.26 Å². The largest absolute Gasteiger partial charge is 0.308 e. The molecule has 0 spiro atoms. The lowest BCUT2D eigenvalue weighted by Gasteiger charge is -2.14. The minimum Gasteiger partial charge on any atom is -0.308 e. The van der Waals surface area contributed by atoms with Crippen molar-refractivity contribution in [3.8, 4) is 22.3 Å². The van der Waals surface area contributed by atoms with Crippen LogP contribution in [-0.2, 0) is 23.0 Å². The van der Waals surface area contributed by atoms with E-state index in [9.17, 15) is 13.2 Å². The summed E-state index contributed by atoms with van der Waals surface area (Å²) in [6.07, 6.45) is 1.76. The summed E-state index contributed by atoms with van der Waals surface area (Å²) in [6.45, 7) is 6.75. The second kappa shape index (κ2) is 10.5. The van der Waals surface area contributed by atoms with Gasteiger partial charge in [0.1, 0.15) is 11.3 Å². The highest BCUT2D eigenvalue weighted by atomic mass is 32.2. The molecule has 5 aromatic rings. The molecule has 39 heavy (non-hydrogen) atoms. The molecule has 0 radical (unpaired) electrons. The van der Waals surface area contributed by atoms with Crippen molar-refractivity contribution in [3.05, 3.63) is 107 Å². The van der Waals surface area contributed by atoms with Gasteiger partial charge in [0.25, 0.3) is 5.91 Å². The van der Waals surface area contributed by atoms with Crippen LogP contribution >= 0.6 is 0 Å². The molecule has 5 rings (SSSR count). The van der Waals surface area contributed by atoms with E-state index < -0.39 is 15.9 Å². The van der Waals surface area contributed by atoms with Gasteiger partial charge in [-0.05, 0) is 65.4 Å². The van der Waals surface area contributed by atoms with Crippen LogP contribution in [0.1, 0.15) is 39.9 Å². The van der Waals surface area contributed by atoms with Gasteiger partial charge in [0.05, 0.1) is 12.8 Å². The normalized spacial score (nSPS) is 11.6. The van der Waals surface area contributed by atoms with Crippen LogP contribution < -0.4 is 4.72 Å². The first-order chi connectivity index (χ1) is 18.6. The third-order valence-electron chi connectivity index (χ3n) is 6.67. The molecule has 2 heterocycles. The van der Waals surface area contributed by atoms with Crippen LogP contribution in [0, 0.1) is 13.8 Å². The minimum atomic E-state index is -3.71. The van der Waals surface area contributed by atoms with Crippen molar-refractivity contribution in [2.24, 2.45) is 0 Å². The molecule has 0 fully saturated rings. The highest BCUT2D eigenvalue weighted by Gasteiger charge is 2.18. The number of aryl methyl sites for hydroxylation is 3. The van der Waals surface area contributed by atoms with Gasteiger partial charge in [-0.3, -0.25) is 4.79 Å². The molecule has 198 valence electrons. The second-order valence-electron chi connectivity index (χ2n) is 9.75. The van der Waals surface area contributed by atoms with Crippen LogP contribution in [0.25, 0.3) is 33.4 Å². The molecule has 0 aliphatic carbocycles. The van der Waals surface area contributed by atoms with Crippen LogP contribution in [0.4, 0.5) is 0 Å². The van der Waals surface area contributed by atoms with E-state index >= 15 is 0 Å². The van der Waals surface area contributed by atoms with E-state index in [0.29, 0.717) is 12.1 Å². The van der Waals surface area contributed by atoms with E-state index in [-0.39, 0.29) is 5.56 Å². The Kier molecular flexibility index (Phi) is 7.06. The smallest absolute Gasteiger partial charge is 0.265 e. The fraction of sp³-hybridized carbons (Fsp3) is 0.194. The second-order valence-corrected chi connectivity index (χ2v) is 11.5. The third-order valence-corrected chi connectivity index (χ3v) is 7.23. The van der Waals surface area contributed by atoms with Gasteiger partial charge in [-0.15, -0.1) is 0 Å². The molecule has 0 atom stereocenters. The summed E-state index contributed by atoms with van der Waals surface area (Å²) in [4.78, 5) is 22.5. The van der Waals surface area contributed by atoms with Gasteiger partial charge >= 0.3 is 0 Å².